The summed E-state index contributed by atoms with van der Waals surface area (Å²) in [6.45, 7) is 6.39. The Morgan fingerprint density at radius 2 is 1.84 bits per heavy atom. The van der Waals surface area contributed by atoms with E-state index in [0.717, 1.165) is 5.75 Å². The van der Waals surface area contributed by atoms with Gasteiger partial charge in [-0.25, -0.2) is 0 Å². The Kier molecular flexibility index (Phi) is 5.59. The second kappa shape index (κ2) is 7.20. The van der Waals surface area contributed by atoms with E-state index in [-0.39, 0.29) is 6.10 Å². The molecule has 0 bridgehead atoms. The minimum atomic E-state index is 0.222. The normalized spacial score (nSPS) is 18.5. The first kappa shape index (κ1) is 14.7. The van der Waals surface area contributed by atoms with Crippen molar-refractivity contribution >= 4 is 11.8 Å². The molecular weight excluding hydrogens is 254 g/mol. The molecule has 0 aromatic heterocycles. The van der Waals surface area contributed by atoms with Crippen molar-refractivity contribution in [3.63, 3.8) is 0 Å². The first-order valence-electron chi connectivity index (χ1n) is 7.26. The van der Waals surface area contributed by atoms with E-state index in [9.17, 15) is 0 Å². The zero-order valence-electron chi connectivity index (χ0n) is 12.2. The summed E-state index contributed by atoms with van der Waals surface area (Å²) in [5.74, 6) is 3.59. The molecule has 0 spiro atoms. The van der Waals surface area contributed by atoms with Crippen molar-refractivity contribution in [3.05, 3.63) is 29.8 Å². The number of rotatable bonds is 5. The Balaban J connectivity index is 2.02. The molecule has 3 heteroatoms. The molecule has 1 saturated heterocycles. The molecule has 2 rings (SSSR count). The van der Waals surface area contributed by atoms with Gasteiger partial charge in [0.25, 0.3) is 0 Å². The van der Waals surface area contributed by atoms with Gasteiger partial charge in [-0.15, -0.1) is 0 Å². The van der Waals surface area contributed by atoms with Gasteiger partial charge in [0.2, 0.25) is 0 Å². The third kappa shape index (κ3) is 4.43. The molecule has 1 aliphatic heterocycles. The standard InChI is InChI=1S/C16H25NOS/c1-12(2)18-16-7-5-4-6-15(16)13(3)17-14-8-10-19-11-9-14/h4-7,12-14,17H,8-11H2,1-3H3. The summed E-state index contributed by atoms with van der Waals surface area (Å²) in [5, 5.41) is 3.76. The summed E-state index contributed by atoms with van der Waals surface area (Å²) in [6, 6.07) is 9.39. The Morgan fingerprint density at radius 3 is 2.53 bits per heavy atom. The van der Waals surface area contributed by atoms with Gasteiger partial charge in [0.1, 0.15) is 5.75 Å². The highest BCUT2D eigenvalue weighted by atomic mass is 32.2. The number of ether oxygens (including phenoxy) is 1. The highest BCUT2D eigenvalue weighted by molar-refractivity contribution is 7.99. The van der Waals surface area contributed by atoms with Crippen LogP contribution in [0, 0.1) is 0 Å². The number of nitrogens with one attached hydrogen (secondary N) is 1. The van der Waals surface area contributed by atoms with Crippen molar-refractivity contribution in [3.8, 4) is 5.75 Å². The van der Waals surface area contributed by atoms with Gasteiger partial charge >= 0.3 is 0 Å². The zero-order valence-corrected chi connectivity index (χ0v) is 13.0. The van der Waals surface area contributed by atoms with Gasteiger partial charge in [0, 0.05) is 17.6 Å². The van der Waals surface area contributed by atoms with Crippen LogP contribution in [-0.4, -0.2) is 23.7 Å². The molecule has 1 N–H and O–H groups in total. The molecule has 1 aromatic carbocycles. The van der Waals surface area contributed by atoms with E-state index < -0.39 is 0 Å². The lowest BCUT2D eigenvalue weighted by Crippen LogP contribution is -2.34. The third-order valence-electron chi connectivity index (χ3n) is 3.46. The second-order valence-corrected chi connectivity index (χ2v) is 6.70. The van der Waals surface area contributed by atoms with Crippen LogP contribution in [0.15, 0.2) is 24.3 Å². The van der Waals surface area contributed by atoms with Crippen LogP contribution in [0.3, 0.4) is 0 Å². The van der Waals surface area contributed by atoms with Crippen LogP contribution in [-0.2, 0) is 0 Å². The largest absolute Gasteiger partial charge is 0.491 e. The lowest BCUT2D eigenvalue weighted by molar-refractivity contribution is 0.237. The molecule has 1 atom stereocenters. The van der Waals surface area contributed by atoms with Crippen molar-refractivity contribution in [2.24, 2.45) is 0 Å². The molecule has 0 radical (unpaired) electrons. The Bertz CT molecular complexity index is 388. The second-order valence-electron chi connectivity index (χ2n) is 5.48. The van der Waals surface area contributed by atoms with E-state index in [1.807, 2.05) is 6.07 Å². The van der Waals surface area contributed by atoms with Crippen LogP contribution in [0.2, 0.25) is 0 Å². The smallest absolute Gasteiger partial charge is 0.124 e. The Labute approximate surface area is 121 Å². The topological polar surface area (TPSA) is 21.3 Å². The predicted octanol–water partition coefficient (Wildman–Crippen LogP) is 4.02. The molecule has 1 heterocycles. The van der Waals surface area contributed by atoms with E-state index >= 15 is 0 Å². The first-order valence-corrected chi connectivity index (χ1v) is 8.41. The molecule has 106 valence electrons. The fourth-order valence-electron chi connectivity index (χ4n) is 2.51. The van der Waals surface area contributed by atoms with E-state index in [4.69, 9.17) is 4.74 Å². The van der Waals surface area contributed by atoms with Gasteiger partial charge in [-0.1, -0.05) is 18.2 Å². The van der Waals surface area contributed by atoms with Gasteiger partial charge in [0.15, 0.2) is 0 Å². The van der Waals surface area contributed by atoms with Gasteiger partial charge in [-0.05, 0) is 51.2 Å². The Morgan fingerprint density at radius 1 is 1.16 bits per heavy atom. The highest BCUT2D eigenvalue weighted by Gasteiger charge is 2.18. The van der Waals surface area contributed by atoms with Crippen molar-refractivity contribution in [2.75, 3.05) is 11.5 Å². The fourth-order valence-corrected chi connectivity index (χ4v) is 3.61. The molecule has 1 aliphatic rings. The molecule has 2 nitrogen and oxygen atoms in total. The molecule has 0 saturated carbocycles. The third-order valence-corrected chi connectivity index (χ3v) is 4.50. The van der Waals surface area contributed by atoms with E-state index in [1.165, 1.54) is 29.9 Å². The number of hydrogen-bond acceptors (Lipinski definition) is 3. The molecule has 19 heavy (non-hydrogen) atoms. The minimum Gasteiger partial charge on any atom is -0.491 e. The molecule has 1 aromatic rings. The van der Waals surface area contributed by atoms with Gasteiger partial charge in [-0.2, -0.15) is 11.8 Å². The summed E-state index contributed by atoms with van der Waals surface area (Å²) in [5.41, 5.74) is 1.27. The predicted molar refractivity (Wildman–Crippen MR) is 84.1 cm³/mol. The maximum Gasteiger partial charge on any atom is 0.124 e. The summed E-state index contributed by atoms with van der Waals surface area (Å²) < 4.78 is 5.91. The number of hydrogen-bond donors (Lipinski definition) is 1. The van der Waals surface area contributed by atoms with Crippen LogP contribution in [0.25, 0.3) is 0 Å². The number of para-hydroxylation sites is 1. The van der Waals surface area contributed by atoms with E-state index in [0.29, 0.717) is 12.1 Å². The van der Waals surface area contributed by atoms with Gasteiger partial charge < -0.3 is 10.1 Å². The van der Waals surface area contributed by atoms with Crippen LogP contribution in [0.4, 0.5) is 0 Å². The molecule has 1 unspecified atom stereocenters. The molecule has 0 amide bonds. The lowest BCUT2D eigenvalue weighted by Gasteiger charge is -2.27. The summed E-state index contributed by atoms with van der Waals surface area (Å²) in [6.07, 6.45) is 2.78. The van der Waals surface area contributed by atoms with Gasteiger partial charge in [0.05, 0.1) is 6.10 Å². The molecule has 1 fully saturated rings. The Hall–Kier alpha value is -0.670. The van der Waals surface area contributed by atoms with Gasteiger partial charge in [-0.3, -0.25) is 0 Å². The van der Waals surface area contributed by atoms with E-state index in [1.54, 1.807) is 0 Å². The van der Waals surface area contributed by atoms with Crippen molar-refractivity contribution in [2.45, 2.75) is 51.8 Å². The summed E-state index contributed by atoms with van der Waals surface area (Å²) in [7, 11) is 0. The van der Waals surface area contributed by atoms with Crippen LogP contribution in [0.1, 0.15) is 45.2 Å². The average Bonchev–Trinajstić information content (AvgIpc) is 2.39. The van der Waals surface area contributed by atoms with Crippen LogP contribution in [0.5, 0.6) is 5.75 Å². The maximum absolute atomic E-state index is 5.91. The highest BCUT2D eigenvalue weighted by Crippen LogP contribution is 2.27. The van der Waals surface area contributed by atoms with Crippen molar-refractivity contribution < 1.29 is 4.74 Å². The number of benzene rings is 1. The minimum absolute atomic E-state index is 0.222. The van der Waals surface area contributed by atoms with Crippen LogP contribution >= 0.6 is 11.8 Å². The molecule has 0 aliphatic carbocycles. The SMILES string of the molecule is CC(C)Oc1ccccc1C(C)NC1CCSCC1. The molecular formula is C16H25NOS. The summed E-state index contributed by atoms with van der Waals surface area (Å²) in [4.78, 5) is 0. The van der Waals surface area contributed by atoms with Crippen molar-refractivity contribution in [1.29, 1.82) is 0 Å². The first-order chi connectivity index (χ1) is 9.16. The van der Waals surface area contributed by atoms with E-state index in [2.05, 4.69) is 56.0 Å². The quantitative estimate of drug-likeness (QED) is 0.879. The zero-order chi connectivity index (χ0) is 13.7. The fraction of sp³-hybridized carbons (Fsp3) is 0.625. The summed E-state index contributed by atoms with van der Waals surface area (Å²) >= 11 is 2.07. The van der Waals surface area contributed by atoms with Crippen LogP contribution < -0.4 is 10.1 Å². The monoisotopic (exact) mass is 279 g/mol. The lowest BCUT2D eigenvalue weighted by atomic mass is 10.0. The average molecular weight is 279 g/mol. The van der Waals surface area contributed by atoms with Crippen molar-refractivity contribution in [1.82, 2.24) is 5.32 Å². The maximum atomic E-state index is 5.91. The number of thioether (sulfide) groups is 1.